The quantitative estimate of drug-likeness (QED) is 0.409. The second-order valence-corrected chi connectivity index (χ2v) is 9.55. The highest BCUT2D eigenvalue weighted by Gasteiger charge is 2.28. The van der Waals surface area contributed by atoms with Crippen LogP contribution in [0.25, 0.3) is 6.08 Å². The number of benzene rings is 2. The Labute approximate surface area is 206 Å². The van der Waals surface area contributed by atoms with Crippen molar-refractivity contribution < 1.29 is 24.2 Å². The number of anilines is 1. The van der Waals surface area contributed by atoms with E-state index in [1.165, 1.54) is 6.42 Å². The Balaban J connectivity index is 1.53. The third-order valence-electron chi connectivity index (χ3n) is 6.94. The Hall–Kier alpha value is -3.41. The third kappa shape index (κ3) is 6.81. The summed E-state index contributed by atoms with van der Waals surface area (Å²) in [4.78, 5) is 38.4. The molecule has 4 rings (SSSR count). The molecule has 1 N–H and O–H groups in total. The second-order valence-electron chi connectivity index (χ2n) is 9.55. The van der Waals surface area contributed by atoms with Crippen molar-refractivity contribution in [1.29, 1.82) is 0 Å². The van der Waals surface area contributed by atoms with E-state index in [0.29, 0.717) is 19.6 Å². The molecule has 6 nitrogen and oxygen atoms in total. The van der Waals surface area contributed by atoms with Crippen molar-refractivity contribution >= 4 is 29.6 Å². The molecule has 6 heteroatoms. The van der Waals surface area contributed by atoms with E-state index in [1.807, 2.05) is 53.4 Å². The predicted octanol–water partition coefficient (Wildman–Crippen LogP) is 5.39. The first-order chi connectivity index (χ1) is 17.0. The fourth-order valence-electron chi connectivity index (χ4n) is 5.00. The van der Waals surface area contributed by atoms with Crippen LogP contribution in [0.2, 0.25) is 0 Å². The molecule has 2 aliphatic rings. The number of carbonyl (C=O) groups is 3. The monoisotopic (exact) mass is 475 g/mol. The fraction of sp³-hybridized carbons (Fsp3) is 0.414. The highest BCUT2D eigenvalue weighted by atomic mass is 16.5. The molecule has 184 valence electrons. The van der Waals surface area contributed by atoms with Crippen LogP contribution >= 0.6 is 0 Å². The average Bonchev–Trinajstić information content (AvgIpc) is 2.88. The van der Waals surface area contributed by atoms with E-state index in [2.05, 4.69) is 0 Å². The van der Waals surface area contributed by atoms with Gasteiger partial charge < -0.3 is 14.7 Å². The molecule has 0 bridgehead atoms. The molecule has 0 aromatic heterocycles. The van der Waals surface area contributed by atoms with Gasteiger partial charge in [-0.3, -0.25) is 9.59 Å². The number of amides is 1. The standard InChI is InChI=1S/C29H33NO5/c31-27(32)16-15-21-6-4-10-26(19-21)30(28(33)24-7-2-1-3-8-24)20-23-13-11-22(12-14-23)18-25-9-5-17-35-29(25)34/h4,6,10-16,19,24-25H,1-3,5,7-9,17-18,20H2,(H,31,32). The van der Waals surface area contributed by atoms with Crippen molar-refractivity contribution in [3.8, 4) is 0 Å². The van der Waals surface area contributed by atoms with E-state index < -0.39 is 5.97 Å². The zero-order chi connectivity index (χ0) is 24.6. The van der Waals surface area contributed by atoms with Crippen LogP contribution in [0.4, 0.5) is 5.69 Å². The highest BCUT2D eigenvalue weighted by molar-refractivity contribution is 5.95. The maximum absolute atomic E-state index is 13.6. The Bertz CT molecular complexity index is 1070. The minimum Gasteiger partial charge on any atom is -0.478 e. The number of ether oxygens (including phenoxy) is 1. The molecule has 1 saturated heterocycles. The predicted molar refractivity (Wildman–Crippen MR) is 135 cm³/mol. The van der Waals surface area contributed by atoms with Gasteiger partial charge in [-0.1, -0.05) is 55.7 Å². The fourth-order valence-corrected chi connectivity index (χ4v) is 5.00. The lowest BCUT2D eigenvalue weighted by Crippen LogP contribution is -2.36. The molecule has 0 spiro atoms. The lowest BCUT2D eigenvalue weighted by Gasteiger charge is -2.30. The van der Waals surface area contributed by atoms with Gasteiger partial charge in [0.25, 0.3) is 0 Å². The Kier molecular flexibility index (Phi) is 8.35. The third-order valence-corrected chi connectivity index (χ3v) is 6.94. The van der Waals surface area contributed by atoms with Gasteiger partial charge in [-0.2, -0.15) is 0 Å². The smallest absolute Gasteiger partial charge is 0.328 e. The molecule has 1 amide bonds. The van der Waals surface area contributed by atoms with Crippen LogP contribution in [0, 0.1) is 11.8 Å². The molecule has 2 aromatic rings. The lowest BCUT2D eigenvalue weighted by atomic mass is 9.88. The first-order valence-electron chi connectivity index (χ1n) is 12.6. The average molecular weight is 476 g/mol. The molecular formula is C29H33NO5. The van der Waals surface area contributed by atoms with Crippen molar-refractivity contribution in [3.05, 3.63) is 71.3 Å². The summed E-state index contributed by atoms with van der Waals surface area (Å²) in [5.74, 6) is -1.06. The van der Waals surface area contributed by atoms with Crippen LogP contribution in [-0.4, -0.2) is 29.6 Å². The first-order valence-corrected chi connectivity index (χ1v) is 12.6. The minimum absolute atomic E-state index is 0.0126. The number of cyclic esters (lactones) is 1. The molecule has 35 heavy (non-hydrogen) atoms. The van der Waals surface area contributed by atoms with Gasteiger partial charge in [0.15, 0.2) is 0 Å². The van der Waals surface area contributed by atoms with Crippen molar-refractivity contribution in [2.24, 2.45) is 11.8 Å². The molecule has 2 fully saturated rings. The Morgan fingerprint density at radius 1 is 0.971 bits per heavy atom. The normalized spacial score (nSPS) is 18.9. The van der Waals surface area contributed by atoms with Crippen molar-refractivity contribution in [2.45, 2.75) is 57.9 Å². The number of hydrogen-bond acceptors (Lipinski definition) is 4. The van der Waals surface area contributed by atoms with Gasteiger partial charge in [0.2, 0.25) is 5.91 Å². The topological polar surface area (TPSA) is 83.9 Å². The number of rotatable bonds is 8. The van der Waals surface area contributed by atoms with Gasteiger partial charge in [-0.25, -0.2) is 4.79 Å². The molecule has 2 aromatic carbocycles. The van der Waals surface area contributed by atoms with Crippen LogP contribution in [-0.2, 0) is 32.1 Å². The van der Waals surface area contributed by atoms with Crippen LogP contribution in [0.3, 0.4) is 0 Å². The summed E-state index contributed by atoms with van der Waals surface area (Å²) in [6.45, 7) is 0.958. The second kappa shape index (κ2) is 11.8. The van der Waals surface area contributed by atoms with Crippen LogP contribution < -0.4 is 4.90 Å². The summed E-state index contributed by atoms with van der Waals surface area (Å²) >= 11 is 0. The van der Waals surface area contributed by atoms with E-state index in [9.17, 15) is 14.4 Å². The summed E-state index contributed by atoms with van der Waals surface area (Å²) in [6.07, 6.45) is 10.2. The van der Waals surface area contributed by atoms with E-state index in [1.54, 1.807) is 6.08 Å². The SMILES string of the molecule is O=C(O)C=Cc1cccc(N(Cc2ccc(CC3CCCOC3=O)cc2)C(=O)C2CCCCC2)c1. The van der Waals surface area contributed by atoms with Gasteiger partial charge in [0, 0.05) is 17.7 Å². The van der Waals surface area contributed by atoms with E-state index in [4.69, 9.17) is 9.84 Å². The van der Waals surface area contributed by atoms with Gasteiger partial charge in [0.1, 0.15) is 0 Å². The first kappa shape index (κ1) is 24.7. The Morgan fingerprint density at radius 3 is 2.43 bits per heavy atom. The highest BCUT2D eigenvalue weighted by Crippen LogP contribution is 2.29. The summed E-state index contributed by atoms with van der Waals surface area (Å²) in [7, 11) is 0. The molecular weight excluding hydrogens is 442 g/mol. The molecule has 1 heterocycles. The minimum atomic E-state index is -1.01. The largest absolute Gasteiger partial charge is 0.478 e. The van der Waals surface area contributed by atoms with Crippen LogP contribution in [0.1, 0.15) is 61.6 Å². The summed E-state index contributed by atoms with van der Waals surface area (Å²) in [5.41, 5.74) is 3.60. The number of nitrogens with zero attached hydrogens (tertiary/aromatic N) is 1. The summed E-state index contributed by atoms with van der Waals surface area (Å²) in [6, 6.07) is 15.6. The molecule has 1 unspecified atom stereocenters. The molecule has 1 aliphatic carbocycles. The van der Waals surface area contributed by atoms with Gasteiger partial charge in [-0.15, -0.1) is 0 Å². The maximum Gasteiger partial charge on any atom is 0.328 e. The lowest BCUT2D eigenvalue weighted by molar-refractivity contribution is -0.152. The number of carboxylic acids is 1. The van der Waals surface area contributed by atoms with E-state index >= 15 is 0 Å². The van der Waals surface area contributed by atoms with Crippen LogP contribution in [0.5, 0.6) is 0 Å². The van der Waals surface area contributed by atoms with Gasteiger partial charge in [0.05, 0.1) is 19.1 Å². The number of hydrogen-bond donors (Lipinski definition) is 1. The molecule has 1 atom stereocenters. The maximum atomic E-state index is 13.6. The van der Waals surface area contributed by atoms with Crippen molar-refractivity contribution in [1.82, 2.24) is 0 Å². The number of esters is 1. The number of carbonyl (C=O) groups excluding carboxylic acids is 2. The Morgan fingerprint density at radius 2 is 1.71 bits per heavy atom. The van der Waals surface area contributed by atoms with Crippen molar-refractivity contribution in [2.75, 3.05) is 11.5 Å². The van der Waals surface area contributed by atoms with Crippen LogP contribution in [0.15, 0.2) is 54.6 Å². The zero-order valence-electron chi connectivity index (χ0n) is 20.0. The van der Waals surface area contributed by atoms with Crippen molar-refractivity contribution in [3.63, 3.8) is 0 Å². The summed E-state index contributed by atoms with van der Waals surface area (Å²) in [5, 5.41) is 8.97. The molecule has 0 radical (unpaired) electrons. The number of carboxylic acid groups (broad SMARTS) is 1. The van der Waals surface area contributed by atoms with E-state index in [0.717, 1.165) is 67.0 Å². The molecule has 1 aliphatic heterocycles. The van der Waals surface area contributed by atoms with E-state index in [-0.39, 0.29) is 23.7 Å². The summed E-state index contributed by atoms with van der Waals surface area (Å²) < 4.78 is 5.19. The van der Waals surface area contributed by atoms with Gasteiger partial charge >= 0.3 is 11.9 Å². The number of aliphatic carboxylic acids is 1. The molecule has 1 saturated carbocycles. The zero-order valence-corrected chi connectivity index (χ0v) is 20.0. The van der Waals surface area contributed by atoms with Gasteiger partial charge in [-0.05, 0) is 67.0 Å².